The normalized spacial score (nSPS) is 10.1. The molecule has 2 amide bonds. The molecule has 0 aromatic heterocycles. The molecular weight excluding hydrogens is 283 g/mol. The van der Waals surface area contributed by atoms with Crippen molar-refractivity contribution in [3.05, 3.63) is 59.9 Å². The van der Waals surface area contributed by atoms with E-state index in [1.807, 2.05) is 31.2 Å². The smallest absolute Gasteiger partial charge is 0.319 e. The lowest BCUT2D eigenvalue weighted by atomic mass is 10.2. The minimum atomic E-state index is -0.334. The van der Waals surface area contributed by atoms with Crippen LogP contribution in [0.5, 0.6) is 5.75 Å². The average Bonchev–Trinajstić information content (AvgIpc) is 2.49. The van der Waals surface area contributed by atoms with Gasteiger partial charge in [0.2, 0.25) is 0 Å². The highest BCUT2D eigenvalue weighted by atomic mass is 19.1. The van der Waals surface area contributed by atoms with E-state index in [-0.39, 0.29) is 11.8 Å². The van der Waals surface area contributed by atoms with Crippen molar-refractivity contribution < 1.29 is 13.9 Å². The Bertz CT molecular complexity index is 614. The zero-order valence-electron chi connectivity index (χ0n) is 12.4. The fourth-order valence-electron chi connectivity index (χ4n) is 1.88. The van der Waals surface area contributed by atoms with Crippen LogP contribution in [0, 0.1) is 12.7 Å². The molecule has 0 aliphatic rings. The lowest BCUT2D eigenvalue weighted by molar-refractivity contribution is 0.250. The van der Waals surface area contributed by atoms with Crippen LogP contribution in [0.1, 0.15) is 12.0 Å². The molecule has 2 aromatic carbocycles. The SMILES string of the molecule is Cc1cccc(OCCCNC(=O)Nc2ccc(F)cc2)c1. The van der Waals surface area contributed by atoms with E-state index in [4.69, 9.17) is 4.74 Å². The first-order valence-electron chi connectivity index (χ1n) is 7.13. The lowest BCUT2D eigenvalue weighted by Gasteiger charge is -2.09. The first-order valence-corrected chi connectivity index (χ1v) is 7.13. The number of carbonyl (C=O) groups excluding carboxylic acids is 1. The molecule has 4 nitrogen and oxygen atoms in total. The van der Waals surface area contributed by atoms with E-state index in [0.717, 1.165) is 11.3 Å². The number of rotatable bonds is 6. The first-order chi connectivity index (χ1) is 10.6. The van der Waals surface area contributed by atoms with Gasteiger partial charge in [0.15, 0.2) is 0 Å². The number of amides is 2. The molecule has 0 unspecified atom stereocenters. The van der Waals surface area contributed by atoms with Gasteiger partial charge in [0.25, 0.3) is 0 Å². The molecule has 2 N–H and O–H groups in total. The summed E-state index contributed by atoms with van der Waals surface area (Å²) in [6, 6.07) is 13.1. The summed E-state index contributed by atoms with van der Waals surface area (Å²) < 4.78 is 18.3. The second kappa shape index (κ2) is 8.02. The summed E-state index contributed by atoms with van der Waals surface area (Å²) in [6.07, 6.45) is 0.699. The number of ether oxygens (including phenoxy) is 1. The molecule has 22 heavy (non-hydrogen) atoms. The Hall–Kier alpha value is -2.56. The monoisotopic (exact) mass is 302 g/mol. The Morgan fingerprint density at radius 2 is 1.95 bits per heavy atom. The molecule has 0 saturated carbocycles. The van der Waals surface area contributed by atoms with Gasteiger partial charge < -0.3 is 15.4 Å². The molecule has 0 fully saturated rings. The number of urea groups is 1. The molecule has 0 bridgehead atoms. The summed E-state index contributed by atoms with van der Waals surface area (Å²) in [5.41, 5.74) is 1.70. The van der Waals surface area contributed by atoms with Crippen LogP contribution in [0.3, 0.4) is 0 Å². The average molecular weight is 302 g/mol. The number of aryl methyl sites for hydroxylation is 1. The van der Waals surface area contributed by atoms with Gasteiger partial charge in [0, 0.05) is 12.2 Å². The summed E-state index contributed by atoms with van der Waals surface area (Å²) in [5, 5.41) is 5.35. The predicted molar refractivity (Wildman–Crippen MR) is 84.7 cm³/mol. The molecule has 0 spiro atoms. The van der Waals surface area contributed by atoms with Gasteiger partial charge in [-0.05, 0) is 55.3 Å². The van der Waals surface area contributed by atoms with E-state index >= 15 is 0 Å². The van der Waals surface area contributed by atoms with E-state index in [1.165, 1.54) is 24.3 Å². The fraction of sp³-hybridized carbons (Fsp3) is 0.235. The summed E-state index contributed by atoms with van der Waals surface area (Å²) >= 11 is 0. The summed E-state index contributed by atoms with van der Waals surface area (Å²) in [7, 11) is 0. The molecule has 116 valence electrons. The zero-order chi connectivity index (χ0) is 15.8. The summed E-state index contributed by atoms with van der Waals surface area (Å²) in [4.78, 5) is 11.6. The lowest BCUT2D eigenvalue weighted by Crippen LogP contribution is -2.30. The van der Waals surface area contributed by atoms with E-state index in [1.54, 1.807) is 0 Å². The van der Waals surface area contributed by atoms with E-state index in [0.29, 0.717) is 25.3 Å². The third-order valence-corrected chi connectivity index (χ3v) is 2.97. The van der Waals surface area contributed by atoms with Gasteiger partial charge in [-0.3, -0.25) is 0 Å². The number of nitrogens with one attached hydrogen (secondary N) is 2. The molecular formula is C17H19FN2O2. The van der Waals surface area contributed by atoms with Crippen LogP contribution < -0.4 is 15.4 Å². The van der Waals surface area contributed by atoms with Crippen LogP contribution in [-0.4, -0.2) is 19.2 Å². The van der Waals surface area contributed by atoms with Crippen molar-refractivity contribution in [1.29, 1.82) is 0 Å². The maximum Gasteiger partial charge on any atom is 0.319 e. The van der Waals surface area contributed by atoms with Crippen LogP contribution in [-0.2, 0) is 0 Å². The third-order valence-electron chi connectivity index (χ3n) is 2.97. The quantitative estimate of drug-likeness (QED) is 0.799. The topological polar surface area (TPSA) is 50.4 Å². The van der Waals surface area contributed by atoms with Crippen molar-refractivity contribution in [2.75, 3.05) is 18.5 Å². The standard InChI is InChI=1S/C17H19FN2O2/c1-13-4-2-5-16(12-13)22-11-3-10-19-17(21)20-15-8-6-14(18)7-9-15/h2,4-9,12H,3,10-11H2,1H3,(H2,19,20,21). The van der Waals surface area contributed by atoms with E-state index in [2.05, 4.69) is 10.6 Å². The van der Waals surface area contributed by atoms with Gasteiger partial charge in [-0.15, -0.1) is 0 Å². The maximum absolute atomic E-state index is 12.7. The van der Waals surface area contributed by atoms with Crippen molar-refractivity contribution in [3.63, 3.8) is 0 Å². The molecule has 2 rings (SSSR count). The Balaban J connectivity index is 1.62. The largest absolute Gasteiger partial charge is 0.494 e. The second-order valence-electron chi connectivity index (χ2n) is 4.91. The van der Waals surface area contributed by atoms with Gasteiger partial charge in [-0.2, -0.15) is 0 Å². The van der Waals surface area contributed by atoms with Gasteiger partial charge in [0.1, 0.15) is 11.6 Å². The van der Waals surface area contributed by atoms with Crippen molar-refractivity contribution >= 4 is 11.7 Å². The van der Waals surface area contributed by atoms with Gasteiger partial charge in [0.05, 0.1) is 6.61 Å². The molecule has 0 radical (unpaired) electrons. The number of hydrogen-bond acceptors (Lipinski definition) is 2. The third kappa shape index (κ3) is 5.44. The minimum absolute atomic E-state index is 0.317. The second-order valence-corrected chi connectivity index (χ2v) is 4.91. The Labute approximate surface area is 129 Å². The summed E-state index contributed by atoms with van der Waals surface area (Å²) in [6.45, 7) is 3.04. The molecule has 0 aliphatic carbocycles. The van der Waals surface area contributed by atoms with Gasteiger partial charge in [-0.25, -0.2) is 9.18 Å². The highest BCUT2D eigenvalue weighted by Gasteiger charge is 2.01. The number of halogens is 1. The van der Waals surface area contributed by atoms with Gasteiger partial charge in [-0.1, -0.05) is 12.1 Å². The predicted octanol–water partition coefficient (Wildman–Crippen LogP) is 3.72. The van der Waals surface area contributed by atoms with Crippen molar-refractivity contribution in [2.24, 2.45) is 0 Å². The highest BCUT2D eigenvalue weighted by molar-refractivity contribution is 5.89. The van der Waals surface area contributed by atoms with Crippen molar-refractivity contribution in [3.8, 4) is 5.75 Å². The number of benzene rings is 2. The van der Waals surface area contributed by atoms with Crippen LogP contribution in [0.15, 0.2) is 48.5 Å². The molecule has 0 heterocycles. The van der Waals surface area contributed by atoms with Crippen molar-refractivity contribution in [2.45, 2.75) is 13.3 Å². The Morgan fingerprint density at radius 3 is 2.68 bits per heavy atom. The van der Waals surface area contributed by atoms with Crippen molar-refractivity contribution in [1.82, 2.24) is 5.32 Å². The molecule has 5 heteroatoms. The van der Waals surface area contributed by atoms with Gasteiger partial charge >= 0.3 is 6.03 Å². The molecule has 0 atom stereocenters. The van der Waals surface area contributed by atoms with Crippen LogP contribution >= 0.6 is 0 Å². The maximum atomic E-state index is 12.7. The molecule has 0 aliphatic heterocycles. The fourth-order valence-corrected chi connectivity index (χ4v) is 1.88. The van der Waals surface area contributed by atoms with Crippen LogP contribution in [0.25, 0.3) is 0 Å². The highest BCUT2D eigenvalue weighted by Crippen LogP contribution is 2.12. The number of anilines is 1. The molecule has 2 aromatic rings. The zero-order valence-corrected chi connectivity index (χ0v) is 12.4. The van der Waals surface area contributed by atoms with E-state index in [9.17, 15) is 9.18 Å². The number of hydrogen-bond donors (Lipinski definition) is 2. The van der Waals surface area contributed by atoms with Crippen LogP contribution in [0.4, 0.5) is 14.9 Å². The van der Waals surface area contributed by atoms with E-state index < -0.39 is 0 Å². The summed E-state index contributed by atoms with van der Waals surface area (Å²) in [5.74, 6) is 0.495. The van der Waals surface area contributed by atoms with Crippen LogP contribution in [0.2, 0.25) is 0 Å². The number of carbonyl (C=O) groups is 1. The molecule has 0 saturated heterocycles. The Kier molecular flexibility index (Phi) is 5.77. The minimum Gasteiger partial charge on any atom is -0.494 e. The first kappa shape index (κ1) is 15.8. The Morgan fingerprint density at radius 1 is 1.18 bits per heavy atom.